The van der Waals surface area contributed by atoms with Gasteiger partial charge >= 0.3 is 6.01 Å². The van der Waals surface area contributed by atoms with Crippen LogP contribution in [0.5, 0.6) is 0 Å². The molecule has 74 valence electrons. The molecule has 0 aliphatic rings. The maximum Gasteiger partial charge on any atom is 0.304 e. The molecule has 2 aromatic rings. The molecule has 15 heavy (non-hydrogen) atoms. The Bertz CT molecular complexity index is 531. The second kappa shape index (κ2) is 4.00. The highest BCUT2D eigenvalue weighted by atomic mass is 35.5. The summed E-state index contributed by atoms with van der Waals surface area (Å²) in [5, 5.41) is 11.0. The van der Waals surface area contributed by atoms with E-state index in [1.807, 2.05) is 0 Å². The number of hydrogen-bond donors (Lipinski definition) is 0. The third-order valence-electron chi connectivity index (χ3n) is 1.62. The van der Waals surface area contributed by atoms with Gasteiger partial charge in [0.05, 0.1) is 0 Å². The Kier molecular flexibility index (Phi) is 2.53. The lowest BCUT2D eigenvalue weighted by Gasteiger charge is -1.93. The smallest absolute Gasteiger partial charge is 0.304 e. The number of hydrogen-bond acceptors (Lipinski definition) is 4. The van der Waals surface area contributed by atoms with Gasteiger partial charge in [-0.25, -0.2) is 0 Å². The summed E-state index contributed by atoms with van der Waals surface area (Å²) in [6, 6.07) is 6.81. The van der Waals surface area contributed by atoms with Crippen molar-refractivity contribution in [2.45, 2.75) is 0 Å². The predicted octanol–water partition coefficient (Wildman–Crippen LogP) is 3.33. The maximum absolute atomic E-state index is 8.15. The Labute approximate surface area is 89.1 Å². The molecule has 0 fully saturated rings. The van der Waals surface area contributed by atoms with Gasteiger partial charge in [-0.15, -0.1) is 10.2 Å². The summed E-state index contributed by atoms with van der Waals surface area (Å²) in [4.78, 5) is 2.53. The van der Waals surface area contributed by atoms with Crippen LogP contribution in [0.3, 0.4) is 0 Å². The molecule has 0 N–H and O–H groups in total. The van der Waals surface area contributed by atoms with Crippen molar-refractivity contribution in [3.8, 4) is 11.5 Å². The fraction of sp³-hybridized carbons (Fsp3) is 0. The van der Waals surface area contributed by atoms with Gasteiger partial charge in [0.2, 0.25) is 5.89 Å². The maximum atomic E-state index is 8.15. The second-order valence-corrected chi connectivity index (χ2v) is 3.03. The number of nitrogens with zero attached hydrogens (tertiary/aromatic N) is 5. The Balaban J connectivity index is 2.41. The number of aromatic nitrogens is 2. The van der Waals surface area contributed by atoms with Crippen molar-refractivity contribution in [2.75, 3.05) is 0 Å². The van der Waals surface area contributed by atoms with Crippen molar-refractivity contribution in [1.29, 1.82) is 0 Å². The second-order valence-electron chi connectivity index (χ2n) is 2.59. The molecule has 2 rings (SSSR count). The zero-order chi connectivity index (χ0) is 10.7. The van der Waals surface area contributed by atoms with Crippen LogP contribution in [0, 0.1) is 0 Å². The Morgan fingerprint density at radius 2 is 2.27 bits per heavy atom. The van der Waals surface area contributed by atoms with Gasteiger partial charge in [-0.2, -0.15) is 0 Å². The topological polar surface area (TPSA) is 87.7 Å². The monoisotopic (exact) mass is 221 g/mol. The van der Waals surface area contributed by atoms with Gasteiger partial charge in [-0.3, -0.25) is 0 Å². The normalized spacial score (nSPS) is 9.67. The van der Waals surface area contributed by atoms with Crippen molar-refractivity contribution in [3.05, 3.63) is 39.7 Å². The summed E-state index contributed by atoms with van der Waals surface area (Å²) in [5.74, 6) is 0.264. The fourth-order valence-electron chi connectivity index (χ4n) is 1.03. The lowest BCUT2D eigenvalue weighted by atomic mass is 10.2. The van der Waals surface area contributed by atoms with E-state index >= 15 is 0 Å². The first-order chi connectivity index (χ1) is 7.29. The van der Waals surface area contributed by atoms with E-state index < -0.39 is 0 Å². The zero-order valence-electron chi connectivity index (χ0n) is 7.33. The quantitative estimate of drug-likeness (QED) is 0.443. The third kappa shape index (κ3) is 2.07. The molecule has 0 radical (unpaired) electrons. The average Bonchev–Trinajstić information content (AvgIpc) is 2.67. The number of benzene rings is 1. The molecule has 0 aliphatic heterocycles. The minimum atomic E-state index is -0.118. The average molecular weight is 222 g/mol. The number of azide groups is 1. The number of rotatable bonds is 2. The highest BCUT2D eigenvalue weighted by Gasteiger charge is 2.06. The molecule has 0 spiro atoms. The molecule has 6 nitrogen and oxygen atoms in total. The highest BCUT2D eigenvalue weighted by molar-refractivity contribution is 6.30. The van der Waals surface area contributed by atoms with Crippen molar-refractivity contribution >= 4 is 17.6 Å². The first kappa shape index (κ1) is 9.51. The minimum Gasteiger partial charge on any atom is -0.415 e. The molecular weight excluding hydrogens is 218 g/mol. The molecule has 7 heteroatoms. The largest absolute Gasteiger partial charge is 0.415 e. The lowest BCUT2D eigenvalue weighted by Crippen LogP contribution is -1.76. The van der Waals surface area contributed by atoms with E-state index in [-0.39, 0.29) is 11.9 Å². The summed E-state index contributed by atoms with van der Waals surface area (Å²) >= 11 is 5.79. The van der Waals surface area contributed by atoms with Crippen LogP contribution in [0.25, 0.3) is 21.9 Å². The van der Waals surface area contributed by atoms with Crippen LogP contribution in [0.2, 0.25) is 5.02 Å². The van der Waals surface area contributed by atoms with Gasteiger partial charge in [-0.1, -0.05) is 17.7 Å². The molecule has 0 saturated carbocycles. The van der Waals surface area contributed by atoms with E-state index in [9.17, 15) is 0 Å². The third-order valence-corrected chi connectivity index (χ3v) is 1.85. The lowest BCUT2D eigenvalue weighted by molar-refractivity contribution is 0.578. The van der Waals surface area contributed by atoms with Crippen LogP contribution < -0.4 is 0 Å². The fourth-order valence-corrected chi connectivity index (χ4v) is 1.22. The summed E-state index contributed by atoms with van der Waals surface area (Å²) in [6.07, 6.45) is 0. The van der Waals surface area contributed by atoms with Crippen LogP contribution in [0.15, 0.2) is 33.8 Å². The van der Waals surface area contributed by atoms with Crippen molar-refractivity contribution in [2.24, 2.45) is 5.11 Å². The molecule has 0 saturated heterocycles. The van der Waals surface area contributed by atoms with Gasteiger partial charge in [0.1, 0.15) is 0 Å². The SMILES string of the molecule is [N-]=[N+]=Nc1nnc(-c2cccc(Cl)c2)o1. The van der Waals surface area contributed by atoms with Crippen LogP contribution in [-0.4, -0.2) is 10.2 Å². The minimum absolute atomic E-state index is 0.118. The first-order valence-electron chi connectivity index (χ1n) is 3.94. The molecular formula is C8H4ClN5O. The van der Waals surface area contributed by atoms with E-state index in [2.05, 4.69) is 20.2 Å². The molecule has 1 heterocycles. The molecule has 0 unspecified atom stereocenters. The van der Waals surface area contributed by atoms with Gasteiger partial charge in [-0.05, 0) is 23.7 Å². The van der Waals surface area contributed by atoms with E-state index in [1.54, 1.807) is 24.3 Å². The van der Waals surface area contributed by atoms with E-state index in [0.29, 0.717) is 10.6 Å². The van der Waals surface area contributed by atoms with Gasteiger partial charge < -0.3 is 4.42 Å². The molecule has 1 aromatic heterocycles. The van der Waals surface area contributed by atoms with Crippen molar-refractivity contribution in [3.63, 3.8) is 0 Å². The summed E-state index contributed by atoms with van der Waals surface area (Å²) in [5.41, 5.74) is 8.83. The highest BCUT2D eigenvalue weighted by Crippen LogP contribution is 2.23. The summed E-state index contributed by atoms with van der Waals surface area (Å²) in [6.45, 7) is 0. The van der Waals surface area contributed by atoms with Crippen LogP contribution in [0.1, 0.15) is 0 Å². The van der Waals surface area contributed by atoms with Crippen LogP contribution in [0.4, 0.5) is 6.01 Å². The van der Waals surface area contributed by atoms with E-state index in [1.165, 1.54) is 0 Å². The Morgan fingerprint density at radius 1 is 1.40 bits per heavy atom. The van der Waals surface area contributed by atoms with Crippen LogP contribution >= 0.6 is 11.6 Å². The first-order valence-corrected chi connectivity index (χ1v) is 4.32. The molecule has 1 aromatic carbocycles. The summed E-state index contributed by atoms with van der Waals surface area (Å²) < 4.78 is 5.06. The van der Waals surface area contributed by atoms with E-state index in [0.717, 1.165) is 0 Å². The van der Waals surface area contributed by atoms with Crippen molar-refractivity contribution < 1.29 is 4.42 Å². The van der Waals surface area contributed by atoms with Gasteiger partial charge in [0.15, 0.2) is 0 Å². The Morgan fingerprint density at radius 3 is 3.00 bits per heavy atom. The molecule has 0 amide bonds. The molecule has 0 atom stereocenters. The summed E-state index contributed by atoms with van der Waals surface area (Å²) in [7, 11) is 0. The van der Waals surface area contributed by atoms with Crippen LogP contribution in [-0.2, 0) is 0 Å². The number of halogens is 1. The zero-order valence-corrected chi connectivity index (χ0v) is 8.09. The predicted molar refractivity (Wildman–Crippen MR) is 53.6 cm³/mol. The Hall–Kier alpha value is -2.04. The molecule has 0 aliphatic carbocycles. The van der Waals surface area contributed by atoms with Gasteiger partial charge in [0.25, 0.3) is 0 Å². The molecule has 0 bridgehead atoms. The van der Waals surface area contributed by atoms with E-state index in [4.69, 9.17) is 21.5 Å². The van der Waals surface area contributed by atoms with Crippen molar-refractivity contribution in [1.82, 2.24) is 10.2 Å². The van der Waals surface area contributed by atoms with Gasteiger partial charge in [0, 0.05) is 20.6 Å². The standard InChI is InChI=1S/C8H4ClN5O/c9-6-3-1-2-5(4-6)7-11-12-8(15-7)13-14-10/h1-4H.